The minimum atomic E-state index is -0.807. The highest BCUT2D eigenvalue weighted by Crippen LogP contribution is 2.23. The molecule has 0 aliphatic carbocycles. The monoisotopic (exact) mass is 258 g/mol. The van der Waals surface area contributed by atoms with Gasteiger partial charge in [0, 0.05) is 5.56 Å². The van der Waals surface area contributed by atoms with Gasteiger partial charge in [-0.25, -0.2) is 4.39 Å². The van der Waals surface area contributed by atoms with E-state index >= 15 is 0 Å². The summed E-state index contributed by atoms with van der Waals surface area (Å²) in [5, 5.41) is 8.86. The molecule has 2 aromatic rings. The van der Waals surface area contributed by atoms with Gasteiger partial charge < -0.3 is 5.11 Å². The number of halogens is 1. The highest BCUT2D eigenvalue weighted by Gasteiger charge is 2.11. The Hall–Kier alpha value is -2.16. The second-order valence-electron chi connectivity index (χ2n) is 4.62. The zero-order chi connectivity index (χ0) is 13.8. The first-order chi connectivity index (χ1) is 9.08. The van der Waals surface area contributed by atoms with Gasteiger partial charge in [-0.3, -0.25) is 4.79 Å². The molecule has 19 heavy (non-hydrogen) atoms. The van der Waals surface area contributed by atoms with Crippen LogP contribution in [0.3, 0.4) is 0 Å². The maximum absolute atomic E-state index is 13.6. The fourth-order valence-corrected chi connectivity index (χ4v) is 1.96. The van der Waals surface area contributed by atoms with E-state index in [1.54, 1.807) is 25.1 Å². The number of carboxylic acids is 1. The normalized spacial score (nSPS) is 12.1. The van der Waals surface area contributed by atoms with E-state index < -0.39 is 11.9 Å². The van der Waals surface area contributed by atoms with E-state index in [-0.39, 0.29) is 5.82 Å². The molecule has 0 fully saturated rings. The summed E-state index contributed by atoms with van der Waals surface area (Å²) in [6.07, 6.45) is 0.479. The Kier molecular flexibility index (Phi) is 3.95. The zero-order valence-electron chi connectivity index (χ0n) is 10.6. The summed E-state index contributed by atoms with van der Waals surface area (Å²) in [5.41, 5.74) is 2.29. The summed E-state index contributed by atoms with van der Waals surface area (Å²) in [6.45, 7) is 1.67. The van der Waals surface area contributed by atoms with Crippen LogP contribution >= 0.6 is 0 Å². The highest BCUT2D eigenvalue weighted by atomic mass is 19.1. The molecule has 0 radical (unpaired) electrons. The van der Waals surface area contributed by atoms with Crippen LogP contribution in [0.2, 0.25) is 0 Å². The minimum absolute atomic E-state index is 0.255. The number of hydrogen-bond donors (Lipinski definition) is 1. The van der Waals surface area contributed by atoms with Crippen LogP contribution in [0.1, 0.15) is 12.5 Å². The van der Waals surface area contributed by atoms with E-state index in [1.807, 2.05) is 24.3 Å². The third-order valence-corrected chi connectivity index (χ3v) is 3.10. The molecule has 0 aromatic heterocycles. The van der Waals surface area contributed by atoms with Gasteiger partial charge in [0.15, 0.2) is 0 Å². The maximum atomic E-state index is 13.6. The van der Waals surface area contributed by atoms with Crippen LogP contribution < -0.4 is 0 Å². The van der Waals surface area contributed by atoms with E-state index in [9.17, 15) is 9.18 Å². The molecule has 0 saturated carbocycles. The molecular formula is C16H15FO2. The standard InChI is InChI=1S/C16H15FO2/c1-11(16(18)19)10-12-6-8-13(9-7-12)14-4-2-3-5-15(14)17/h2-9,11H,10H2,1H3,(H,18,19). The fourth-order valence-electron chi connectivity index (χ4n) is 1.96. The topological polar surface area (TPSA) is 37.3 Å². The lowest BCUT2D eigenvalue weighted by Crippen LogP contribution is -2.12. The van der Waals surface area contributed by atoms with Crippen molar-refractivity contribution in [2.75, 3.05) is 0 Å². The van der Waals surface area contributed by atoms with Gasteiger partial charge >= 0.3 is 5.97 Å². The molecule has 0 amide bonds. The van der Waals surface area contributed by atoms with Crippen molar-refractivity contribution in [3.8, 4) is 11.1 Å². The lowest BCUT2D eigenvalue weighted by Gasteiger charge is -2.08. The minimum Gasteiger partial charge on any atom is -0.481 e. The summed E-state index contributed by atoms with van der Waals surface area (Å²) < 4.78 is 13.6. The zero-order valence-corrected chi connectivity index (χ0v) is 10.6. The molecule has 0 heterocycles. The molecular weight excluding hydrogens is 243 g/mol. The fraction of sp³-hybridized carbons (Fsp3) is 0.188. The number of benzene rings is 2. The van der Waals surface area contributed by atoms with Crippen LogP contribution in [-0.4, -0.2) is 11.1 Å². The molecule has 0 saturated heterocycles. The lowest BCUT2D eigenvalue weighted by atomic mass is 9.98. The average Bonchev–Trinajstić information content (AvgIpc) is 2.40. The van der Waals surface area contributed by atoms with Gasteiger partial charge in [-0.15, -0.1) is 0 Å². The maximum Gasteiger partial charge on any atom is 0.306 e. The summed E-state index contributed by atoms with van der Waals surface area (Å²) in [5.74, 6) is -1.48. The summed E-state index contributed by atoms with van der Waals surface area (Å²) in [4.78, 5) is 10.8. The van der Waals surface area contributed by atoms with Crippen molar-refractivity contribution in [2.24, 2.45) is 5.92 Å². The van der Waals surface area contributed by atoms with Gasteiger partial charge in [0.25, 0.3) is 0 Å². The predicted molar refractivity (Wildman–Crippen MR) is 72.3 cm³/mol. The Morgan fingerprint density at radius 3 is 2.37 bits per heavy atom. The van der Waals surface area contributed by atoms with Crippen LogP contribution in [0.4, 0.5) is 4.39 Å². The largest absolute Gasteiger partial charge is 0.481 e. The van der Waals surface area contributed by atoms with Crippen molar-refractivity contribution in [1.82, 2.24) is 0 Å². The Labute approximate surface area is 111 Å². The number of carboxylic acid groups (broad SMARTS) is 1. The first-order valence-electron chi connectivity index (χ1n) is 6.14. The molecule has 0 aliphatic heterocycles. The molecule has 0 aliphatic rings. The van der Waals surface area contributed by atoms with E-state index in [0.717, 1.165) is 11.1 Å². The molecule has 1 N–H and O–H groups in total. The SMILES string of the molecule is CC(Cc1ccc(-c2ccccc2F)cc1)C(=O)O. The van der Waals surface area contributed by atoms with Crippen molar-refractivity contribution < 1.29 is 14.3 Å². The van der Waals surface area contributed by atoms with Gasteiger partial charge in [0.2, 0.25) is 0 Å². The average molecular weight is 258 g/mol. The van der Waals surface area contributed by atoms with Crippen molar-refractivity contribution >= 4 is 5.97 Å². The summed E-state index contributed by atoms with van der Waals surface area (Å²) in [6, 6.07) is 13.9. The van der Waals surface area contributed by atoms with Crippen LogP contribution in [0.25, 0.3) is 11.1 Å². The lowest BCUT2D eigenvalue weighted by molar-refractivity contribution is -0.141. The Morgan fingerprint density at radius 2 is 1.79 bits per heavy atom. The Morgan fingerprint density at radius 1 is 1.16 bits per heavy atom. The second-order valence-corrected chi connectivity index (χ2v) is 4.62. The molecule has 98 valence electrons. The van der Waals surface area contributed by atoms with Gasteiger partial charge in [-0.05, 0) is 23.6 Å². The molecule has 0 spiro atoms. The van der Waals surface area contributed by atoms with E-state index in [4.69, 9.17) is 5.11 Å². The number of aliphatic carboxylic acids is 1. The third kappa shape index (κ3) is 3.19. The first-order valence-corrected chi connectivity index (χ1v) is 6.14. The molecule has 2 nitrogen and oxygen atoms in total. The van der Waals surface area contributed by atoms with Gasteiger partial charge in [0.1, 0.15) is 5.82 Å². The smallest absolute Gasteiger partial charge is 0.306 e. The molecule has 0 bridgehead atoms. The van der Waals surface area contributed by atoms with Crippen molar-refractivity contribution in [3.63, 3.8) is 0 Å². The highest BCUT2D eigenvalue weighted by molar-refractivity contribution is 5.70. The summed E-state index contributed by atoms with van der Waals surface area (Å²) >= 11 is 0. The van der Waals surface area contributed by atoms with Crippen molar-refractivity contribution in [1.29, 1.82) is 0 Å². The molecule has 1 atom stereocenters. The van der Waals surface area contributed by atoms with E-state index in [2.05, 4.69) is 0 Å². The summed E-state index contributed by atoms with van der Waals surface area (Å²) in [7, 11) is 0. The Balaban J connectivity index is 2.19. The van der Waals surface area contributed by atoms with Crippen LogP contribution in [0, 0.1) is 11.7 Å². The molecule has 2 rings (SSSR count). The molecule has 2 aromatic carbocycles. The number of carbonyl (C=O) groups is 1. The van der Waals surface area contributed by atoms with Crippen molar-refractivity contribution in [3.05, 3.63) is 59.9 Å². The Bertz CT molecular complexity index is 576. The van der Waals surface area contributed by atoms with Gasteiger partial charge in [-0.2, -0.15) is 0 Å². The van der Waals surface area contributed by atoms with Crippen molar-refractivity contribution in [2.45, 2.75) is 13.3 Å². The predicted octanol–water partition coefficient (Wildman–Crippen LogP) is 3.76. The molecule has 1 unspecified atom stereocenters. The van der Waals surface area contributed by atoms with E-state index in [0.29, 0.717) is 12.0 Å². The second kappa shape index (κ2) is 5.65. The first kappa shape index (κ1) is 13.3. The number of hydrogen-bond acceptors (Lipinski definition) is 1. The number of rotatable bonds is 4. The molecule has 3 heteroatoms. The third-order valence-electron chi connectivity index (χ3n) is 3.10. The van der Waals surface area contributed by atoms with E-state index in [1.165, 1.54) is 6.07 Å². The van der Waals surface area contributed by atoms with Crippen LogP contribution in [0.5, 0.6) is 0 Å². The van der Waals surface area contributed by atoms with Crippen LogP contribution in [-0.2, 0) is 11.2 Å². The quantitative estimate of drug-likeness (QED) is 0.906. The van der Waals surface area contributed by atoms with Gasteiger partial charge in [0.05, 0.1) is 5.92 Å². The van der Waals surface area contributed by atoms with Gasteiger partial charge in [-0.1, -0.05) is 49.4 Å². The van der Waals surface area contributed by atoms with Crippen LogP contribution in [0.15, 0.2) is 48.5 Å².